The van der Waals surface area contributed by atoms with Crippen molar-refractivity contribution in [3.05, 3.63) is 98.2 Å². The van der Waals surface area contributed by atoms with E-state index >= 15 is 0 Å². The fourth-order valence-corrected chi connectivity index (χ4v) is 2.30. The van der Waals surface area contributed by atoms with Gasteiger partial charge in [0.05, 0.1) is 6.61 Å². The quantitative estimate of drug-likeness (QED) is 0.121. The molecule has 31 heavy (non-hydrogen) atoms. The number of carbonyl (C=O) groups excluding carboxylic acids is 1. The first-order chi connectivity index (χ1) is 14.7. The summed E-state index contributed by atoms with van der Waals surface area (Å²) in [5.41, 5.74) is 5.04. The second-order valence-corrected chi connectivity index (χ2v) is 7.39. The molecule has 0 aliphatic heterocycles. The predicted molar refractivity (Wildman–Crippen MR) is 141 cm³/mol. The molecule has 0 aromatic carbocycles. The van der Waals surface area contributed by atoms with Gasteiger partial charge in [-0.05, 0) is 47.5 Å². The third-order valence-electron chi connectivity index (χ3n) is 4.93. The summed E-state index contributed by atoms with van der Waals surface area (Å²) in [5, 5.41) is 0. The Kier molecular flexibility index (Phi) is 23.8. The van der Waals surface area contributed by atoms with E-state index in [9.17, 15) is 0 Å². The van der Waals surface area contributed by atoms with Gasteiger partial charge in [-0.25, -0.2) is 0 Å². The van der Waals surface area contributed by atoms with E-state index < -0.39 is 0 Å². The SMILES string of the molecule is C=C.C=C(/C=C\C(=C)C(=C)/C(=C\C(=C)C(C)CCC(C)CC)COC)CC.C=CC=O. The molecule has 174 valence electrons. The molecule has 0 amide bonds. The van der Waals surface area contributed by atoms with Crippen molar-refractivity contribution in [2.24, 2.45) is 11.8 Å². The maximum absolute atomic E-state index is 9.06. The van der Waals surface area contributed by atoms with E-state index in [0.717, 1.165) is 46.6 Å². The highest BCUT2D eigenvalue weighted by Gasteiger charge is 2.11. The zero-order chi connectivity index (χ0) is 24.8. The number of hydrogen-bond acceptors (Lipinski definition) is 2. The van der Waals surface area contributed by atoms with Crippen molar-refractivity contribution in [3.8, 4) is 0 Å². The van der Waals surface area contributed by atoms with Gasteiger partial charge in [-0.2, -0.15) is 0 Å². The number of rotatable bonds is 14. The first-order valence-electron chi connectivity index (χ1n) is 10.9. The lowest BCUT2D eigenvalue weighted by Gasteiger charge is -2.17. The predicted octanol–water partition coefficient (Wildman–Crippen LogP) is 8.39. The molecule has 2 atom stereocenters. The van der Waals surface area contributed by atoms with Gasteiger partial charge in [-0.3, -0.25) is 4.79 Å². The Labute approximate surface area is 193 Å². The summed E-state index contributed by atoms with van der Waals surface area (Å²) in [5.74, 6) is 1.22. The lowest BCUT2D eigenvalue weighted by Crippen LogP contribution is -2.04. The molecule has 0 rings (SSSR count). The van der Waals surface area contributed by atoms with E-state index in [-0.39, 0.29) is 0 Å². The zero-order valence-corrected chi connectivity index (χ0v) is 20.8. The highest BCUT2D eigenvalue weighted by atomic mass is 16.5. The Morgan fingerprint density at radius 1 is 1.00 bits per heavy atom. The van der Waals surface area contributed by atoms with Gasteiger partial charge in [0, 0.05) is 7.11 Å². The summed E-state index contributed by atoms with van der Waals surface area (Å²) in [7, 11) is 1.70. The zero-order valence-electron chi connectivity index (χ0n) is 20.8. The van der Waals surface area contributed by atoms with E-state index in [1.165, 1.54) is 18.9 Å². The first-order valence-corrected chi connectivity index (χ1v) is 10.9. The minimum atomic E-state index is 0.456. The number of ether oxygens (including phenoxy) is 1. The summed E-state index contributed by atoms with van der Waals surface area (Å²) in [4.78, 5) is 9.06. The van der Waals surface area contributed by atoms with Gasteiger partial charge >= 0.3 is 0 Å². The topological polar surface area (TPSA) is 26.3 Å². The Bertz CT molecular complexity index is 625. The summed E-state index contributed by atoms with van der Waals surface area (Å²) < 4.78 is 5.37. The van der Waals surface area contributed by atoms with Crippen LogP contribution in [0.1, 0.15) is 53.4 Å². The molecule has 2 unspecified atom stereocenters. The van der Waals surface area contributed by atoms with Crippen molar-refractivity contribution in [2.75, 3.05) is 13.7 Å². The summed E-state index contributed by atoms with van der Waals surface area (Å²) >= 11 is 0. The van der Waals surface area contributed by atoms with Crippen LogP contribution in [0.15, 0.2) is 98.2 Å². The van der Waals surface area contributed by atoms with E-state index in [1.807, 2.05) is 12.2 Å². The third-order valence-corrected chi connectivity index (χ3v) is 4.93. The lowest BCUT2D eigenvalue weighted by molar-refractivity contribution is -0.104. The van der Waals surface area contributed by atoms with E-state index in [1.54, 1.807) is 7.11 Å². The highest BCUT2D eigenvalue weighted by Crippen LogP contribution is 2.25. The maximum atomic E-state index is 9.06. The monoisotopic (exact) mass is 426 g/mol. The number of methoxy groups -OCH3 is 1. The Hall–Kier alpha value is -2.45. The van der Waals surface area contributed by atoms with Gasteiger partial charge in [0.1, 0.15) is 6.29 Å². The minimum absolute atomic E-state index is 0.456. The highest BCUT2D eigenvalue weighted by molar-refractivity contribution is 5.63. The molecule has 0 N–H and O–H groups in total. The van der Waals surface area contributed by atoms with Crippen molar-refractivity contribution in [2.45, 2.75) is 53.4 Å². The van der Waals surface area contributed by atoms with Crippen LogP contribution in [0.5, 0.6) is 0 Å². The van der Waals surface area contributed by atoms with Crippen LogP contribution >= 0.6 is 0 Å². The van der Waals surface area contributed by atoms with E-state index in [0.29, 0.717) is 18.8 Å². The van der Waals surface area contributed by atoms with Crippen molar-refractivity contribution in [3.63, 3.8) is 0 Å². The summed E-state index contributed by atoms with van der Waals surface area (Å²) in [6.07, 6.45) is 12.5. The average molecular weight is 427 g/mol. The molecule has 0 aromatic rings. The smallest absolute Gasteiger partial charge is 0.142 e. The average Bonchev–Trinajstić information content (AvgIpc) is 2.80. The summed E-state index contributed by atoms with van der Waals surface area (Å²) in [6, 6.07) is 0. The van der Waals surface area contributed by atoms with Crippen LogP contribution in [-0.4, -0.2) is 20.0 Å². The van der Waals surface area contributed by atoms with Crippen LogP contribution in [0.25, 0.3) is 0 Å². The first kappa shape index (κ1) is 33.2. The molecular weight excluding hydrogens is 380 g/mol. The number of allylic oxidation sites excluding steroid dienone is 7. The van der Waals surface area contributed by atoms with Crippen molar-refractivity contribution in [1.82, 2.24) is 0 Å². The van der Waals surface area contributed by atoms with Crippen LogP contribution in [0.3, 0.4) is 0 Å². The maximum Gasteiger partial charge on any atom is 0.142 e. The molecule has 2 nitrogen and oxygen atoms in total. The normalized spacial score (nSPS) is 12.4. The Morgan fingerprint density at radius 2 is 1.55 bits per heavy atom. The van der Waals surface area contributed by atoms with E-state index in [4.69, 9.17) is 9.53 Å². The number of hydrogen-bond donors (Lipinski definition) is 0. The standard InChI is InChI=1S/C24H38O.C3H4O.C2H4/c1-10-18(3)12-14-20(5)22(7)16-24(17-25-9)23(8)21(6)15-13-19(4)11-2;1-2-3-4;1-2/h13,15-16,18,20H,4,6-8,10-12,14,17H2,1-3,5,9H3;2-3H,1H2;1-2H2/b15-13-,24-16-;;. The van der Waals surface area contributed by atoms with Gasteiger partial charge in [-0.1, -0.05) is 103 Å². The van der Waals surface area contributed by atoms with Crippen LogP contribution in [0.2, 0.25) is 0 Å². The van der Waals surface area contributed by atoms with Gasteiger partial charge in [0.25, 0.3) is 0 Å². The van der Waals surface area contributed by atoms with Crippen LogP contribution < -0.4 is 0 Å². The van der Waals surface area contributed by atoms with Crippen LogP contribution in [-0.2, 0) is 9.53 Å². The molecule has 0 fully saturated rings. The second kappa shape index (κ2) is 22.2. The van der Waals surface area contributed by atoms with Gasteiger partial charge in [-0.15, -0.1) is 13.2 Å². The molecule has 0 radical (unpaired) electrons. The molecule has 0 aliphatic rings. The molecule has 0 aromatic heterocycles. The van der Waals surface area contributed by atoms with Crippen LogP contribution in [0.4, 0.5) is 0 Å². The van der Waals surface area contributed by atoms with Crippen molar-refractivity contribution in [1.29, 1.82) is 0 Å². The van der Waals surface area contributed by atoms with Crippen molar-refractivity contribution < 1.29 is 9.53 Å². The van der Waals surface area contributed by atoms with Gasteiger partial charge in [0.15, 0.2) is 0 Å². The molecule has 0 aliphatic carbocycles. The second-order valence-electron chi connectivity index (χ2n) is 7.39. The van der Waals surface area contributed by atoms with E-state index in [2.05, 4.69) is 79.8 Å². The largest absolute Gasteiger partial charge is 0.380 e. The molecule has 0 saturated heterocycles. The van der Waals surface area contributed by atoms with Gasteiger partial charge < -0.3 is 4.74 Å². The van der Waals surface area contributed by atoms with Crippen molar-refractivity contribution >= 4 is 6.29 Å². The third kappa shape index (κ3) is 18.1. The molecule has 0 saturated carbocycles. The molecular formula is C29H46O2. The number of carbonyl (C=O) groups is 1. The minimum Gasteiger partial charge on any atom is -0.380 e. The molecule has 0 bridgehead atoms. The molecule has 0 heterocycles. The van der Waals surface area contributed by atoms with Gasteiger partial charge in [0.2, 0.25) is 0 Å². The fourth-order valence-electron chi connectivity index (χ4n) is 2.30. The lowest BCUT2D eigenvalue weighted by atomic mass is 9.89. The molecule has 0 spiro atoms. The Balaban J connectivity index is -0.00000116. The fraction of sp³-hybridized carbons (Fsp3) is 0.414. The summed E-state index contributed by atoms with van der Waals surface area (Å²) in [6.45, 7) is 35.1. The molecule has 2 heteroatoms. The number of aldehydes is 1. The Morgan fingerprint density at radius 3 is 1.97 bits per heavy atom. The van der Waals surface area contributed by atoms with Crippen LogP contribution in [0, 0.1) is 11.8 Å².